The number of furan rings is 1. The SMILES string of the molecule is Cc1cccc(Cl)c1OCc1ccc(C(=O)Nc2c(C(N)=O)sc3nc(C(F)F)cc(-c4cn(C)nc4C)c23)o1. The number of rotatable bonds is 8. The van der Waals surface area contributed by atoms with Gasteiger partial charge in [-0.3, -0.25) is 14.3 Å². The number of halogens is 3. The fourth-order valence-corrected chi connectivity index (χ4v) is 5.58. The van der Waals surface area contributed by atoms with E-state index in [0.29, 0.717) is 33.4 Å². The Bertz CT molecular complexity index is 1760. The van der Waals surface area contributed by atoms with Crippen LogP contribution in [-0.2, 0) is 13.7 Å². The Morgan fingerprint density at radius 3 is 2.65 bits per heavy atom. The highest BCUT2D eigenvalue weighted by atomic mass is 35.5. The van der Waals surface area contributed by atoms with E-state index >= 15 is 0 Å². The third kappa shape index (κ3) is 5.15. The van der Waals surface area contributed by atoms with Gasteiger partial charge in [0.15, 0.2) is 5.76 Å². The number of alkyl halides is 2. The van der Waals surface area contributed by atoms with Crippen LogP contribution in [0.15, 0.2) is 47.0 Å². The summed E-state index contributed by atoms with van der Waals surface area (Å²) < 4.78 is 40.5. The molecule has 0 aliphatic heterocycles. The topological polar surface area (TPSA) is 125 Å². The minimum atomic E-state index is -2.87. The number of fused-ring (bicyclic) bond motifs is 1. The molecule has 0 saturated carbocycles. The number of aryl methyl sites for hydroxylation is 3. The predicted molar refractivity (Wildman–Crippen MR) is 147 cm³/mol. The average molecular weight is 586 g/mol. The van der Waals surface area contributed by atoms with Gasteiger partial charge in [-0.1, -0.05) is 23.7 Å². The van der Waals surface area contributed by atoms with Crippen LogP contribution in [0.2, 0.25) is 5.02 Å². The van der Waals surface area contributed by atoms with Crippen molar-refractivity contribution in [2.75, 3.05) is 5.32 Å². The Hall–Kier alpha value is -4.29. The fourth-order valence-electron chi connectivity index (χ4n) is 4.29. The third-order valence-corrected chi connectivity index (χ3v) is 7.48. The molecule has 1 aromatic carbocycles. The molecule has 0 aliphatic rings. The maximum absolute atomic E-state index is 13.7. The third-order valence-electron chi connectivity index (χ3n) is 6.08. The summed E-state index contributed by atoms with van der Waals surface area (Å²) in [7, 11) is 1.69. The van der Waals surface area contributed by atoms with Crippen LogP contribution in [0, 0.1) is 13.8 Å². The highest BCUT2D eigenvalue weighted by Gasteiger charge is 2.27. The first-order valence-corrected chi connectivity index (χ1v) is 13.1. The Morgan fingerprint density at radius 1 is 1.23 bits per heavy atom. The number of hydrogen-bond acceptors (Lipinski definition) is 7. The number of nitrogens with zero attached hydrogens (tertiary/aromatic N) is 3. The van der Waals surface area contributed by atoms with E-state index in [4.69, 9.17) is 26.5 Å². The summed E-state index contributed by atoms with van der Waals surface area (Å²) in [4.78, 5) is 29.7. The number of aromatic nitrogens is 3. The number of para-hydroxylation sites is 1. The molecule has 4 heterocycles. The Morgan fingerprint density at radius 2 is 2.00 bits per heavy atom. The van der Waals surface area contributed by atoms with Crippen LogP contribution in [0.3, 0.4) is 0 Å². The van der Waals surface area contributed by atoms with E-state index in [1.165, 1.54) is 16.8 Å². The van der Waals surface area contributed by atoms with E-state index in [1.54, 1.807) is 38.4 Å². The summed E-state index contributed by atoms with van der Waals surface area (Å²) in [6.45, 7) is 3.58. The molecule has 0 saturated heterocycles. The molecule has 2 amide bonds. The summed E-state index contributed by atoms with van der Waals surface area (Å²) in [5.74, 6) is -0.759. The number of thiophene rings is 1. The molecule has 0 atom stereocenters. The first-order valence-electron chi connectivity index (χ1n) is 11.9. The van der Waals surface area contributed by atoms with Crippen LogP contribution in [0.25, 0.3) is 21.3 Å². The molecular formula is C27H22ClF2N5O4S. The van der Waals surface area contributed by atoms with Crippen molar-refractivity contribution < 1.29 is 27.5 Å². The quantitative estimate of drug-likeness (QED) is 0.216. The predicted octanol–water partition coefficient (Wildman–Crippen LogP) is 6.43. The highest BCUT2D eigenvalue weighted by molar-refractivity contribution is 7.21. The minimum Gasteiger partial charge on any atom is -0.484 e. The van der Waals surface area contributed by atoms with Gasteiger partial charge in [-0.15, -0.1) is 11.3 Å². The molecule has 3 N–H and O–H groups in total. The average Bonchev–Trinajstić information content (AvgIpc) is 3.60. The van der Waals surface area contributed by atoms with Gasteiger partial charge < -0.3 is 20.2 Å². The lowest BCUT2D eigenvalue weighted by Gasteiger charge is -2.10. The Balaban J connectivity index is 1.51. The van der Waals surface area contributed by atoms with Crippen LogP contribution in [0.1, 0.15) is 49.4 Å². The molecule has 0 radical (unpaired) electrons. The van der Waals surface area contributed by atoms with Crippen molar-refractivity contribution >= 4 is 50.7 Å². The zero-order valence-electron chi connectivity index (χ0n) is 21.4. The molecule has 0 fully saturated rings. The molecule has 5 rings (SSSR count). The van der Waals surface area contributed by atoms with Gasteiger partial charge in [0, 0.05) is 24.2 Å². The number of carbonyl (C=O) groups is 2. The van der Waals surface area contributed by atoms with E-state index < -0.39 is 23.9 Å². The monoisotopic (exact) mass is 585 g/mol. The van der Waals surface area contributed by atoms with E-state index in [1.807, 2.05) is 13.0 Å². The second kappa shape index (κ2) is 10.7. The van der Waals surface area contributed by atoms with Gasteiger partial charge in [-0.05, 0) is 49.2 Å². The van der Waals surface area contributed by atoms with Gasteiger partial charge >= 0.3 is 0 Å². The molecular weight excluding hydrogens is 564 g/mol. The number of hydrogen-bond donors (Lipinski definition) is 2. The molecule has 0 bridgehead atoms. The number of anilines is 1. The van der Waals surface area contributed by atoms with Gasteiger partial charge in [0.05, 0.1) is 16.4 Å². The molecule has 40 heavy (non-hydrogen) atoms. The number of nitrogens with two attached hydrogens (primary N) is 1. The van der Waals surface area contributed by atoms with Crippen LogP contribution >= 0.6 is 22.9 Å². The zero-order valence-corrected chi connectivity index (χ0v) is 23.0. The maximum atomic E-state index is 13.7. The largest absolute Gasteiger partial charge is 0.484 e. The molecule has 0 spiro atoms. The van der Waals surface area contributed by atoms with Crippen molar-refractivity contribution in [1.82, 2.24) is 14.8 Å². The molecule has 0 unspecified atom stereocenters. The number of pyridine rings is 1. The first-order chi connectivity index (χ1) is 19.0. The number of amides is 2. The number of benzene rings is 1. The smallest absolute Gasteiger partial charge is 0.291 e. The highest BCUT2D eigenvalue weighted by Crippen LogP contribution is 2.43. The van der Waals surface area contributed by atoms with Crippen LogP contribution in [-0.4, -0.2) is 26.6 Å². The normalized spacial score (nSPS) is 11.4. The van der Waals surface area contributed by atoms with Gasteiger partial charge in [0.1, 0.15) is 33.5 Å². The lowest BCUT2D eigenvalue weighted by molar-refractivity contribution is 0.0992. The molecule has 13 heteroatoms. The summed E-state index contributed by atoms with van der Waals surface area (Å²) in [5.41, 5.74) is 7.44. The summed E-state index contributed by atoms with van der Waals surface area (Å²) in [5, 5.41) is 7.71. The van der Waals surface area contributed by atoms with Crippen molar-refractivity contribution in [2.24, 2.45) is 12.8 Å². The second-order valence-electron chi connectivity index (χ2n) is 8.94. The molecule has 5 aromatic rings. The van der Waals surface area contributed by atoms with Crippen LogP contribution in [0.5, 0.6) is 5.75 Å². The van der Waals surface area contributed by atoms with E-state index in [2.05, 4.69) is 15.4 Å². The number of carbonyl (C=O) groups excluding carboxylic acids is 2. The maximum Gasteiger partial charge on any atom is 0.291 e. The number of nitrogens with one attached hydrogen (secondary N) is 1. The van der Waals surface area contributed by atoms with Gasteiger partial charge in [-0.25, -0.2) is 13.8 Å². The van der Waals surface area contributed by atoms with E-state index in [-0.39, 0.29) is 33.1 Å². The molecule has 4 aromatic heterocycles. The van der Waals surface area contributed by atoms with E-state index in [9.17, 15) is 18.4 Å². The van der Waals surface area contributed by atoms with E-state index in [0.717, 1.165) is 16.9 Å². The first kappa shape index (κ1) is 27.3. The van der Waals surface area contributed by atoms with Crippen LogP contribution < -0.4 is 15.8 Å². The van der Waals surface area contributed by atoms with Crippen LogP contribution in [0.4, 0.5) is 14.5 Å². The van der Waals surface area contributed by atoms with Gasteiger partial charge in [0.25, 0.3) is 18.2 Å². The summed E-state index contributed by atoms with van der Waals surface area (Å²) >= 11 is 7.02. The fraction of sp³-hybridized carbons (Fsp3) is 0.185. The number of ether oxygens (including phenoxy) is 1. The second-order valence-corrected chi connectivity index (χ2v) is 10.3. The Kier molecular flexibility index (Phi) is 7.30. The lowest BCUT2D eigenvalue weighted by Crippen LogP contribution is -2.16. The van der Waals surface area contributed by atoms with Crippen molar-refractivity contribution in [3.63, 3.8) is 0 Å². The van der Waals surface area contributed by atoms with Crippen molar-refractivity contribution in [3.8, 4) is 16.9 Å². The van der Waals surface area contributed by atoms with Crippen molar-refractivity contribution in [2.45, 2.75) is 26.9 Å². The van der Waals surface area contributed by atoms with Gasteiger partial charge in [0.2, 0.25) is 0 Å². The molecule has 0 aliphatic carbocycles. The zero-order chi connectivity index (χ0) is 28.7. The molecule has 9 nitrogen and oxygen atoms in total. The van der Waals surface area contributed by atoms with Crippen molar-refractivity contribution in [3.05, 3.63) is 81.0 Å². The lowest BCUT2D eigenvalue weighted by atomic mass is 10.0. The standard InChI is InChI=1S/C27H22ClF2N5O4S/c1-12-5-4-6-17(28)22(12)38-11-14-7-8-19(39-14)26(37)33-21-20-15(16-10-35(3)34-13(16)2)9-18(24(29)30)32-27(20)40-23(21)25(31)36/h4-10,24H,11H2,1-3H3,(H2,31,36)(H,33,37). The minimum absolute atomic E-state index is 0.0104. The Labute approximate surface area is 235 Å². The summed E-state index contributed by atoms with van der Waals surface area (Å²) in [6.07, 6.45) is -1.21. The summed E-state index contributed by atoms with van der Waals surface area (Å²) in [6, 6.07) is 9.60. The van der Waals surface area contributed by atoms with Gasteiger partial charge in [-0.2, -0.15) is 5.10 Å². The molecule has 206 valence electrons. The van der Waals surface area contributed by atoms with Crippen molar-refractivity contribution in [1.29, 1.82) is 0 Å². The number of primary amides is 1.